The van der Waals surface area contributed by atoms with Crippen molar-refractivity contribution in [1.82, 2.24) is 10.9 Å². The van der Waals surface area contributed by atoms with Gasteiger partial charge in [0.05, 0.1) is 11.5 Å². The summed E-state index contributed by atoms with van der Waals surface area (Å²) in [6.07, 6.45) is -3.89. The molecule has 18 heavy (non-hydrogen) atoms. The van der Waals surface area contributed by atoms with E-state index in [4.69, 9.17) is 0 Å². The predicted octanol–water partition coefficient (Wildman–Crippen LogP) is 1.89. The highest BCUT2D eigenvalue weighted by Gasteiger charge is 2.32. The zero-order valence-electron chi connectivity index (χ0n) is 9.71. The molecule has 0 saturated carbocycles. The number of alkyl halides is 3. The van der Waals surface area contributed by atoms with E-state index in [1.807, 2.05) is 6.92 Å². The van der Waals surface area contributed by atoms with Gasteiger partial charge in [-0.2, -0.15) is 13.2 Å². The minimum absolute atomic E-state index is 0.0280. The summed E-state index contributed by atoms with van der Waals surface area (Å²) in [7, 11) is 0. The Kier molecular flexibility index (Phi) is 3.30. The Morgan fingerprint density at radius 2 is 1.83 bits per heavy atom. The van der Waals surface area contributed by atoms with Crippen LogP contribution in [-0.4, -0.2) is 11.9 Å². The monoisotopic (exact) mass is 258 g/mol. The van der Waals surface area contributed by atoms with Gasteiger partial charge in [0.15, 0.2) is 0 Å². The molecule has 1 aromatic rings. The first-order valence-corrected chi connectivity index (χ1v) is 5.59. The summed E-state index contributed by atoms with van der Waals surface area (Å²) in [5, 5.41) is 0. The van der Waals surface area contributed by atoms with Crippen molar-refractivity contribution in [3.63, 3.8) is 0 Å². The van der Waals surface area contributed by atoms with E-state index >= 15 is 0 Å². The van der Waals surface area contributed by atoms with Crippen LogP contribution in [0.2, 0.25) is 0 Å². The second kappa shape index (κ2) is 4.61. The van der Waals surface area contributed by atoms with Gasteiger partial charge in [0.2, 0.25) is 5.91 Å². The van der Waals surface area contributed by atoms with Crippen LogP contribution in [0.15, 0.2) is 24.3 Å². The molecule has 2 rings (SSSR count). The molecule has 1 aromatic carbocycles. The van der Waals surface area contributed by atoms with Crippen LogP contribution < -0.4 is 10.9 Å². The zero-order valence-corrected chi connectivity index (χ0v) is 9.71. The third kappa shape index (κ3) is 2.64. The minimum Gasteiger partial charge on any atom is -0.291 e. The summed E-state index contributed by atoms with van der Waals surface area (Å²) in [5.74, 6) is -0.371. The van der Waals surface area contributed by atoms with Gasteiger partial charge < -0.3 is 0 Å². The van der Waals surface area contributed by atoms with Crippen LogP contribution >= 0.6 is 0 Å². The third-order valence-electron chi connectivity index (χ3n) is 3.10. The molecule has 1 amide bonds. The van der Waals surface area contributed by atoms with Crippen LogP contribution in [0.3, 0.4) is 0 Å². The van der Waals surface area contributed by atoms with Gasteiger partial charge in [-0.05, 0) is 31.0 Å². The Hall–Kier alpha value is -1.56. The highest BCUT2D eigenvalue weighted by molar-refractivity contribution is 5.81. The van der Waals surface area contributed by atoms with Gasteiger partial charge in [-0.25, -0.2) is 5.43 Å². The number of hydrogen-bond donors (Lipinski definition) is 2. The molecule has 2 unspecified atom stereocenters. The third-order valence-corrected chi connectivity index (χ3v) is 3.10. The lowest BCUT2D eigenvalue weighted by molar-refractivity contribution is -0.137. The highest BCUT2D eigenvalue weighted by Crippen LogP contribution is 2.29. The second-order valence-electron chi connectivity index (χ2n) is 4.43. The second-order valence-corrected chi connectivity index (χ2v) is 4.43. The number of amides is 1. The minimum atomic E-state index is -4.32. The number of benzene rings is 1. The average Bonchev–Trinajstić information content (AvgIpc) is 2.60. The van der Waals surface area contributed by atoms with Gasteiger partial charge in [-0.1, -0.05) is 12.1 Å². The Morgan fingerprint density at radius 3 is 2.28 bits per heavy atom. The Bertz CT molecular complexity index is 442. The molecule has 2 atom stereocenters. The first kappa shape index (κ1) is 12.9. The molecule has 1 saturated heterocycles. The van der Waals surface area contributed by atoms with Crippen molar-refractivity contribution in [2.24, 2.45) is 5.92 Å². The van der Waals surface area contributed by atoms with Crippen LogP contribution in [0.5, 0.6) is 0 Å². The fourth-order valence-electron chi connectivity index (χ4n) is 1.96. The summed E-state index contributed by atoms with van der Waals surface area (Å²) >= 11 is 0. The van der Waals surface area contributed by atoms with Gasteiger partial charge in [0.25, 0.3) is 0 Å². The number of nitrogens with one attached hydrogen (secondary N) is 2. The van der Waals surface area contributed by atoms with Gasteiger partial charge in [-0.3, -0.25) is 10.2 Å². The Balaban J connectivity index is 2.09. The molecule has 2 N–H and O–H groups in total. The molecule has 1 aliphatic rings. The van der Waals surface area contributed by atoms with Crippen LogP contribution in [0.4, 0.5) is 13.2 Å². The van der Waals surface area contributed by atoms with Gasteiger partial charge in [0.1, 0.15) is 0 Å². The summed E-state index contributed by atoms with van der Waals surface area (Å²) in [4.78, 5) is 11.5. The van der Waals surface area contributed by atoms with E-state index in [1.54, 1.807) is 0 Å². The molecule has 1 aliphatic heterocycles. The largest absolute Gasteiger partial charge is 0.416 e. The maximum absolute atomic E-state index is 12.4. The van der Waals surface area contributed by atoms with E-state index in [2.05, 4.69) is 10.9 Å². The van der Waals surface area contributed by atoms with Crippen LogP contribution in [0.25, 0.3) is 0 Å². The summed E-state index contributed by atoms with van der Waals surface area (Å²) in [6.45, 7) is 1.85. The Labute approximate surface area is 102 Å². The smallest absolute Gasteiger partial charge is 0.291 e. The van der Waals surface area contributed by atoms with Crippen molar-refractivity contribution >= 4 is 5.91 Å². The topological polar surface area (TPSA) is 41.1 Å². The number of carbonyl (C=O) groups excluding carboxylic acids is 1. The van der Waals surface area contributed by atoms with Gasteiger partial charge in [0, 0.05) is 6.04 Å². The number of rotatable bonds is 2. The molecule has 3 nitrogen and oxygen atoms in total. The molecule has 0 bridgehead atoms. The molecule has 1 heterocycles. The van der Waals surface area contributed by atoms with Crippen LogP contribution in [-0.2, 0) is 17.4 Å². The maximum atomic E-state index is 12.4. The maximum Gasteiger partial charge on any atom is 0.416 e. The Morgan fingerprint density at radius 1 is 1.22 bits per heavy atom. The molecule has 0 aromatic heterocycles. The van der Waals surface area contributed by atoms with Crippen LogP contribution in [0.1, 0.15) is 18.1 Å². The summed E-state index contributed by atoms with van der Waals surface area (Å²) in [6, 6.07) is 4.89. The molecular weight excluding hydrogens is 245 g/mol. The van der Waals surface area contributed by atoms with Crippen molar-refractivity contribution in [2.75, 3.05) is 0 Å². The summed E-state index contributed by atoms with van der Waals surface area (Å²) in [5.41, 5.74) is 5.35. The normalized spacial score (nSPS) is 24.1. The van der Waals surface area contributed by atoms with Crippen molar-refractivity contribution in [3.05, 3.63) is 35.4 Å². The van der Waals surface area contributed by atoms with E-state index in [1.165, 1.54) is 12.1 Å². The van der Waals surface area contributed by atoms with Gasteiger partial charge in [-0.15, -0.1) is 0 Å². The van der Waals surface area contributed by atoms with E-state index < -0.39 is 11.7 Å². The van der Waals surface area contributed by atoms with Crippen molar-refractivity contribution in [3.8, 4) is 0 Å². The molecule has 98 valence electrons. The zero-order chi connectivity index (χ0) is 13.3. The van der Waals surface area contributed by atoms with E-state index in [-0.39, 0.29) is 17.9 Å². The SMILES string of the molecule is CC1NNC(=O)C1Cc1ccc(C(F)(F)F)cc1. The fraction of sp³-hybridized carbons (Fsp3) is 0.417. The highest BCUT2D eigenvalue weighted by atomic mass is 19.4. The van der Waals surface area contributed by atoms with E-state index in [0.717, 1.165) is 17.7 Å². The standard InChI is InChI=1S/C12H13F3N2O/c1-7-10(11(18)17-16-7)6-8-2-4-9(5-3-8)12(13,14)15/h2-5,7,10,16H,6H2,1H3,(H,17,18). The first-order valence-electron chi connectivity index (χ1n) is 5.59. The van der Waals surface area contributed by atoms with Crippen molar-refractivity contribution in [2.45, 2.75) is 25.6 Å². The first-order chi connectivity index (χ1) is 8.38. The lowest BCUT2D eigenvalue weighted by Crippen LogP contribution is -2.29. The van der Waals surface area contributed by atoms with Gasteiger partial charge >= 0.3 is 6.18 Å². The number of hydrazine groups is 1. The molecule has 0 aliphatic carbocycles. The fourth-order valence-corrected chi connectivity index (χ4v) is 1.96. The number of halogens is 3. The molecule has 1 fully saturated rings. The predicted molar refractivity (Wildman–Crippen MR) is 59.4 cm³/mol. The van der Waals surface area contributed by atoms with E-state index in [9.17, 15) is 18.0 Å². The lowest BCUT2D eigenvalue weighted by Gasteiger charge is -2.12. The quantitative estimate of drug-likeness (QED) is 0.850. The molecule has 6 heteroatoms. The number of hydrogen-bond acceptors (Lipinski definition) is 2. The van der Waals surface area contributed by atoms with Crippen LogP contribution in [0, 0.1) is 5.92 Å². The van der Waals surface area contributed by atoms with Crippen molar-refractivity contribution in [1.29, 1.82) is 0 Å². The number of carbonyl (C=O) groups is 1. The lowest BCUT2D eigenvalue weighted by atomic mass is 9.93. The average molecular weight is 258 g/mol. The molecular formula is C12H13F3N2O. The van der Waals surface area contributed by atoms with E-state index in [0.29, 0.717) is 6.42 Å². The summed E-state index contributed by atoms with van der Waals surface area (Å²) < 4.78 is 37.1. The molecule has 0 radical (unpaired) electrons. The molecule has 0 spiro atoms. The van der Waals surface area contributed by atoms with Crippen molar-refractivity contribution < 1.29 is 18.0 Å².